The summed E-state index contributed by atoms with van der Waals surface area (Å²) in [6.45, 7) is 13.1. The van der Waals surface area contributed by atoms with Crippen LogP contribution < -0.4 is 9.47 Å². The van der Waals surface area contributed by atoms with Gasteiger partial charge in [0.15, 0.2) is 5.75 Å². The largest absolute Gasteiger partial charge is 0.474 e. The molecule has 1 aliphatic rings. The Morgan fingerprint density at radius 2 is 2.00 bits per heavy atom. The number of carbonyl (C=O) groups excluding carboxylic acids is 1. The predicted molar refractivity (Wildman–Crippen MR) is 116 cm³/mol. The fraction of sp³-hybridized carbons (Fsp3) is 0.478. The predicted octanol–water partition coefficient (Wildman–Crippen LogP) is 4.96. The van der Waals surface area contributed by atoms with Gasteiger partial charge in [-0.15, -0.1) is 0 Å². The lowest BCUT2D eigenvalue weighted by molar-refractivity contribution is 0.0944. The van der Waals surface area contributed by atoms with Gasteiger partial charge in [0, 0.05) is 24.7 Å². The Labute approximate surface area is 183 Å². The molecule has 3 atom stereocenters. The summed E-state index contributed by atoms with van der Waals surface area (Å²) >= 11 is 0. The minimum Gasteiger partial charge on any atom is -0.474 e. The van der Waals surface area contributed by atoms with Gasteiger partial charge in [-0.1, -0.05) is 6.58 Å². The molecular formula is C23H30N4O4. The first-order valence-corrected chi connectivity index (χ1v) is 10.5. The Bertz CT molecular complexity index is 949. The first-order chi connectivity index (χ1) is 14.8. The Balaban J connectivity index is 1.68. The fourth-order valence-corrected chi connectivity index (χ4v) is 3.78. The van der Waals surface area contributed by atoms with E-state index in [1.807, 2.05) is 39.8 Å². The first kappa shape index (κ1) is 22.5. The van der Waals surface area contributed by atoms with Crippen molar-refractivity contribution in [2.75, 3.05) is 0 Å². The smallest absolute Gasteiger partial charge is 0.415 e. The molecule has 1 fully saturated rings. The van der Waals surface area contributed by atoms with Crippen molar-refractivity contribution in [3.8, 4) is 17.5 Å². The SMILES string of the molecule is C=C(C)OC(=O)N1C(C)CCC1C[C@@H](C)Oc1ncnc(Oc2cccnc2C)c1C. The second kappa shape index (κ2) is 9.76. The summed E-state index contributed by atoms with van der Waals surface area (Å²) in [6, 6.07) is 3.80. The number of allylic oxidation sites excluding steroid dienone is 1. The number of aromatic nitrogens is 3. The zero-order valence-electron chi connectivity index (χ0n) is 18.8. The summed E-state index contributed by atoms with van der Waals surface area (Å²) in [7, 11) is 0. The van der Waals surface area contributed by atoms with E-state index in [1.165, 1.54) is 6.33 Å². The molecule has 0 N–H and O–H groups in total. The zero-order chi connectivity index (χ0) is 22.5. The van der Waals surface area contributed by atoms with E-state index < -0.39 is 0 Å². The summed E-state index contributed by atoms with van der Waals surface area (Å²) in [5.41, 5.74) is 1.48. The number of carbonyl (C=O) groups is 1. The molecule has 0 aromatic carbocycles. The van der Waals surface area contributed by atoms with Crippen molar-refractivity contribution in [3.05, 3.63) is 48.3 Å². The molecule has 8 heteroatoms. The van der Waals surface area contributed by atoms with Crippen molar-refractivity contribution in [3.63, 3.8) is 0 Å². The highest BCUT2D eigenvalue weighted by Gasteiger charge is 2.36. The summed E-state index contributed by atoms with van der Waals surface area (Å²) in [5, 5.41) is 0. The lowest BCUT2D eigenvalue weighted by Crippen LogP contribution is -2.42. The van der Waals surface area contributed by atoms with Gasteiger partial charge in [0.25, 0.3) is 0 Å². The number of ether oxygens (including phenoxy) is 3. The molecule has 2 aromatic heterocycles. The lowest BCUT2D eigenvalue weighted by atomic mass is 10.1. The zero-order valence-corrected chi connectivity index (χ0v) is 18.8. The lowest BCUT2D eigenvalue weighted by Gasteiger charge is -2.29. The third-order valence-electron chi connectivity index (χ3n) is 5.33. The van der Waals surface area contributed by atoms with Crippen LogP contribution in [0.2, 0.25) is 0 Å². The van der Waals surface area contributed by atoms with Crippen LogP contribution in [0.1, 0.15) is 51.3 Å². The molecule has 0 spiro atoms. The molecule has 8 nitrogen and oxygen atoms in total. The minimum atomic E-state index is -0.351. The van der Waals surface area contributed by atoms with Crippen LogP contribution in [0, 0.1) is 13.8 Å². The maximum absolute atomic E-state index is 12.5. The van der Waals surface area contributed by atoms with Crippen molar-refractivity contribution < 1.29 is 19.0 Å². The van der Waals surface area contributed by atoms with Gasteiger partial charge in [0.05, 0.1) is 23.1 Å². The second-order valence-electron chi connectivity index (χ2n) is 8.02. The number of pyridine rings is 1. The highest BCUT2D eigenvalue weighted by Crippen LogP contribution is 2.31. The molecule has 3 rings (SSSR count). The normalized spacial score (nSPS) is 19.1. The maximum atomic E-state index is 12.5. The van der Waals surface area contributed by atoms with Crippen molar-refractivity contribution >= 4 is 6.09 Å². The van der Waals surface area contributed by atoms with Crippen LogP contribution in [0.25, 0.3) is 0 Å². The van der Waals surface area contributed by atoms with Crippen molar-refractivity contribution in [2.24, 2.45) is 0 Å². The van der Waals surface area contributed by atoms with E-state index in [0.29, 0.717) is 35.3 Å². The van der Waals surface area contributed by atoms with Crippen LogP contribution >= 0.6 is 0 Å². The average molecular weight is 427 g/mol. The third kappa shape index (κ3) is 5.51. The van der Waals surface area contributed by atoms with E-state index in [4.69, 9.17) is 14.2 Å². The van der Waals surface area contributed by atoms with Crippen molar-refractivity contribution in [2.45, 2.75) is 72.1 Å². The quantitative estimate of drug-likeness (QED) is 0.578. The van der Waals surface area contributed by atoms with Crippen LogP contribution in [0.4, 0.5) is 4.79 Å². The van der Waals surface area contributed by atoms with Crippen LogP contribution in [-0.4, -0.2) is 44.1 Å². The summed E-state index contributed by atoms with van der Waals surface area (Å²) in [6.07, 6.45) is 5.11. The van der Waals surface area contributed by atoms with E-state index >= 15 is 0 Å². The molecule has 3 heterocycles. The molecule has 2 unspecified atom stereocenters. The monoisotopic (exact) mass is 426 g/mol. The maximum Gasteiger partial charge on any atom is 0.415 e. The van der Waals surface area contributed by atoms with Crippen molar-refractivity contribution in [1.82, 2.24) is 19.9 Å². The van der Waals surface area contributed by atoms with E-state index in [9.17, 15) is 4.79 Å². The molecule has 0 radical (unpaired) electrons. The van der Waals surface area contributed by atoms with Gasteiger partial charge in [0.2, 0.25) is 11.8 Å². The Kier molecular flexibility index (Phi) is 7.09. The molecule has 31 heavy (non-hydrogen) atoms. The topological polar surface area (TPSA) is 86.7 Å². The molecule has 0 bridgehead atoms. The third-order valence-corrected chi connectivity index (χ3v) is 5.33. The number of rotatable bonds is 7. The number of aryl methyl sites for hydroxylation is 1. The van der Waals surface area contributed by atoms with Crippen molar-refractivity contribution in [1.29, 1.82) is 0 Å². The van der Waals surface area contributed by atoms with Crippen LogP contribution in [0.3, 0.4) is 0 Å². The van der Waals surface area contributed by atoms with Gasteiger partial charge in [-0.3, -0.25) is 4.98 Å². The fourth-order valence-electron chi connectivity index (χ4n) is 3.78. The summed E-state index contributed by atoms with van der Waals surface area (Å²) < 4.78 is 17.3. The van der Waals surface area contributed by atoms with Crippen LogP contribution in [0.5, 0.6) is 17.5 Å². The first-order valence-electron chi connectivity index (χ1n) is 10.5. The standard InChI is InChI=1S/C23H30N4O4/c1-14(2)29-23(28)27-15(3)9-10-19(27)12-16(4)30-21-17(5)22(26-13-25-21)31-20-8-7-11-24-18(20)6/h7-8,11,13,15-16,19H,1,9-10,12H2,2-6H3/t15?,16-,19?/m1/s1. The van der Waals surface area contributed by atoms with E-state index in [0.717, 1.165) is 18.5 Å². The molecule has 1 amide bonds. The summed E-state index contributed by atoms with van der Waals surface area (Å²) in [4.78, 5) is 27.0. The molecule has 2 aromatic rings. The van der Waals surface area contributed by atoms with Gasteiger partial charge >= 0.3 is 6.09 Å². The van der Waals surface area contributed by atoms with E-state index in [-0.39, 0.29) is 24.3 Å². The van der Waals surface area contributed by atoms with Gasteiger partial charge < -0.3 is 19.1 Å². The average Bonchev–Trinajstić information content (AvgIpc) is 3.06. The number of hydrogen-bond donors (Lipinski definition) is 0. The molecule has 0 aliphatic carbocycles. The highest BCUT2D eigenvalue weighted by molar-refractivity contribution is 5.70. The minimum absolute atomic E-state index is 0.0350. The highest BCUT2D eigenvalue weighted by atomic mass is 16.6. The van der Waals surface area contributed by atoms with Crippen LogP contribution in [-0.2, 0) is 4.74 Å². The van der Waals surface area contributed by atoms with E-state index in [1.54, 1.807) is 18.0 Å². The van der Waals surface area contributed by atoms with Gasteiger partial charge in [-0.25, -0.2) is 14.8 Å². The molecule has 166 valence electrons. The molecular weight excluding hydrogens is 396 g/mol. The molecule has 1 aliphatic heterocycles. The van der Waals surface area contributed by atoms with Crippen LogP contribution in [0.15, 0.2) is 37.0 Å². The Morgan fingerprint density at radius 3 is 2.71 bits per heavy atom. The number of nitrogens with zero attached hydrogens (tertiary/aromatic N) is 4. The second-order valence-corrected chi connectivity index (χ2v) is 8.02. The summed E-state index contributed by atoms with van der Waals surface area (Å²) in [5.74, 6) is 1.91. The van der Waals surface area contributed by atoms with Gasteiger partial charge in [0.1, 0.15) is 6.33 Å². The van der Waals surface area contributed by atoms with E-state index in [2.05, 4.69) is 21.5 Å². The number of likely N-dealkylation sites (tertiary alicyclic amines) is 1. The van der Waals surface area contributed by atoms with Gasteiger partial charge in [-0.05, 0) is 59.6 Å². The number of hydrogen-bond acceptors (Lipinski definition) is 7. The van der Waals surface area contributed by atoms with Gasteiger partial charge in [-0.2, -0.15) is 0 Å². The Hall–Kier alpha value is -3.16. The Morgan fingerprint density at radius 1 is 1.26 bits per heavy atom. The molecule has 1 saturated heterocycles. The number of amides is 1. The molecule has 0 saturated carbocycles.